The van der Waals surface area contributed by atoms with Crippen molar-refractivity contribution < 1.29 is 9.18 Å². The Morgan fingerprint density at radius 2 is 1.83 bits per heavy atom. The van der Waals surface area contributed by atoms with Gasteiger partial charge in [-0.1, -0.05) is 37.8 Å². The van der Waals surface area contributed by atoms with Crippen molar-refractivity contribution in [2.75, 3.05) is 10.6 Å². The second-order valence-electron chi connectivity index (χ2n) is 6.03. The lowest BCUT2D eigenvalue weighted by Gasteiger charge is -2.16. The first kappa shape index (κ1) is 16.4. The molecule has 3 rings (SSSR count). The molecule has 1 saturated carbocycles. The average molecular weight is 328 g/mol. The van der Waals surface area contributed by atoms with Crippen LogP contribution in [0, 0.1) is 5.82 Å². The van der Waals surface area contributed by atoms with E-state index in [0.29, 0.717) is 12.0 Å². The summed E-state index contributed by atoms with van der Waals surface area (Å²) in [6.07, 6.45) is 8.66. The minimum Gasteiger partial charge on any atom is -0.351 e. The summed E-state index contributed by atoms with van der Waals surface area (Å²) < 4.78 is 13.6. The zero-order valence-electron chi connectivity index (χ0n) is 13.5. The Balaban J connectivity index is 1.68. The van der Waals surface area contributed by atoms with Gasteiger partial charge in [-0.25, -0.2) is 14.4 Å². The Morgan fingerprint density at radius 1 is 1.08 bits per heavy atom. The van der Waals surface area contributed by atoms with Gasteiger partial charge in [0.05, 0.1) is 5.69 Å². The van der Waals surface area contributed by atoms with Crippen molar-refractivity contribution in [1.82, 2.24) is 9.97 Å². The summed E-state index contributed by atoms with van der Waals surface area (Å²) in [4.78, 5) is 20.7. The SMILES string of the molecule is O=C(Nc1ccccc1F)c1ccnc(NC2CCCCCC2)n1. The summed E-state index contributed by atoms with van der Waals surface area (Å²) in [5, 5.41) is 5.85. The first-order valence-corrected chi connectivity index (χ1v) is 8.38. The number of carbonyl (C=O) groups excluding carboxylic acids is 1. The van der Waals surface area contributed by atoms with E-state index in [4.69, 9.17) is 0 Å². The highest BCUT2D eigenvalue weighted by atomic mass is 19.1. The number of rotatable bonds is 4. The van der Waals surface area contributed by atoms with Crippen LogP contribution in [0.3, 0.4) is 0 Å². The molecule has 1 amide bonds. The standard InChI is InChI=1S/C18H21FN4O/c19-14-9-5-6-10-15(14)22-17(24)16-11-12-20-18(23-16)21-13-7-3-1-2-4-8-13/h5-6,9-13H,1-4,7-8H2,(H,22,24)(H,20,21,23). The van der Waals surface area contributed by atoms with Gasteiger partial charge < -0.3 is 10.6 Å². The number of amides is 1. The van der Waals surface area contributed by atoms with Crippen molar-refractivity contribution >= 4 is 17.5 Å². The second kappa shape index (κ2) is 7.86. The molecule has 5 nitrogen and oxygen atoms in total. The van der Waals surface area contributed by atoms with Crippen LogP contribution in [-0.4, -0.2) is 21.9 Å². The number of hydrogen-bond acceptors (Lipinski definition) is 4. The summed E-state index contributed by atoms with van der Waals surface area (Å²) in [6.45, 7) is 0. The van der Waals surface area contributed by atoms with Gasteiger partial charge in [-0.3, -0.25) is 4.79 Å². The fourth-order valence-electron chi connectivity index (χ4n) is 2.91. The van der Waals surface area contributed by atoms with Crippen LogP contribution >= 0.6 is 0 Å². The van der Waals surface area contributed by atoms with E-state index in [1.165, 1.54) is 43.9 Å². The monoisotopic (exact) mass is 328 g/mol. The minimum atomic E-state index is -0.475. The highest BCUT2D eigenvalue weighted by Crippen LogP contribution is 2.20. The van der Waals surface area contributed by atoms with Crippen LogP contribution in [0.25, 0.3) is 0 Å². The highest BCUT2D eigenvalue weighted by molar-refractivity contribution is 6.03. The van der Waals surface area contributed by atoms with Gasteiger partial charge in [-0.2, -0.15) is 0 Å². The van der Waals surface area contributed by atoms with Crippen LogP contribution in [0.4, 0.5) is 16.0 Å². The molecule has 0 spiro atoms. The summed E-state index contributed by atoms with van der Waals surface area (Å²) in [6, 6.07) is 7.92. The number of nitrogens with zero attached hydrogens (tertiary/aromatic N) is 2. The minimum absolute atomic E-state index is 0.138. The molecule has 1 heterocycles. The first-order valence-electron chi connectivity index (χ1n) is 8.38. The summed E-state index contributed by atoms with van der Waals surface area (Å²) >= 11 is 0. The van der Waals surface area contributed by atoms with Crippen molar-refractivity contribution in [2.45, 2.75) is 44.6 Å². The Morgan fingerprint density at radius 3 is 2.58 bits per heavy atom. The van der Waals surface area contributed by atoms with E-state index in [0.717, 1.165) is 12.8 Å². The zero-order chi connectivity index (χ0) is 16.8. The fourth-order valence-corrected chi connectivity index (χ4v) is 2.91. The lowest BCUT2D eigenvalue weighted by Crippen LogP contribution is -2.21. The van der Waals surface area contributed by atoms with E-state index >= 15 is 0 Å². The molecule has 6 heteroatoms. The molecule has 2 aromatic rings. The number of halogens is 1. The molecule has 0 bridgehead atoms. The maximum Gasteiger partial charge on any atom is 0.274 e. The van der Waals surface area contributed by atoms with Crippen LogP contribution in [0.1, 0.15) is 49.0 Å². The molecule has 0 unspecified atom stereocenters. The Bertz CT molecular complexity index is 699. The molecule has 1 aliphatic carbocycles. The number of para-hydroxylation sites is 1. The second-order valence-corrected chi connectivity index (χ2v) is 6.03. The van der Waals surface area contributed by atoms with Crippen molar-refractivity contribution in [3.05, 3.63) is 48.0 Å². The van der Waals surface area contributed by atoms with Crippen LogP contribution < -0.4 is 10.6 Å². The molecule has 1 aromatic carbocycles. The summed E-state index contributed by atoms with van der Waals surface area (Å²) in [5.74, 6) is -0.480. The Labute approximate surface area is 140 Å². The normalized spacial score (nSPS) is 15.5. The van der Waals surface area contributed by atoms with E-state index in [2.05, 4.69) is 20.6 Å². The van der Waals surface area contributed by atoms with E-state index in [9.17, 15) is 9.18 Å². The molecule has 0 aliphatic heterocycles. The van der Waals surface area contributed by atoms with Gasteiger partial charge in [0, 0.05) is 12.2 Å². The first-order chi connectivity index (χ1) is 11.7. The number of nitrogens with one attached hydrogen (secondary N) is 2. The molecule has 1 aromatic heterocycles. The van der Waals surface area contributed by atoms with Gasteiger partial charge >= 0.3 is 0 Å². The fraction of sp³-hybridized carbons (Fsp3) is 0.389. The average Bonchev–Trinajstić information content (AvgIpc) is 2.86. The lowest BCUT2D eigenvalue weighted by molar-refractivity contribution is 0.102. The summed E-state index contributed by atoms with van der Waals surface area (Å²) in [5.41, 5.74) is 0.351. The van der Waals surface area contributed by atoms with Gasteiger partial charge in [0.2, 0.25) is 5.95 Å². The predicted octanol–water partition coefficient (Wildman–Crippen LogP) is 4.00. The predicted molar refractivity (Wildman–Crippen MR) is 91.5 cm³/mol. The number of hydrogen-bond donors (Lipinski definition) is 2. The number of carbonyl (C=O) groups is 1. The van der Waals surface area contributed by atoms with E-state index < -0.39 is 11.7 Å². The quantitative estimate of drug-likeness (QED) is 0.833. The molecular weight excluding hydrogens is 307 g/mol. The number of anilines is 2. The third kappa shape index (κ3) is 4.28. The topological polar surface area (TPSA) is 66.9 Å². The van der Waals surface area contributed by atoms with Gasteiger partial charge in [0.25, 0.3) is 5.91 Å². The van der Waals surface area contributed by atoms with Gasteiger partial charge in [0.1, 0.15) is 11.5 Å². The Kier molecular flexibility index (Phi) is 5.36. The van der Waals surface area contributed by atoms with Gasteiger partial charge in [-0.15, -0.1) is 0 Å². The van der Waals surface area contributed by atoms with Crippen molar-refractivity contribution in [2.24, 2.45) is 0 Å². The van der Waals surface area contributed by atoms with Crippen molar-refractivity contribution in [3.8, 4) is 0 Å². The molecule has 2 N–H and O–H groups in total. The Hall–Kier alpha value is -2.50. The van der Waals surface area contributed by atoms with Gasteiger partial charge in [0.15, 0.2) is 0 Å². The van der Waals surface area contributed by atoms with Crippen molar-refractivity contribution in [3.63, 3.8) is 0 Å². The third-order valence-corrected chi connectivity index (χ3v) is 4.20. The van der Waals surface area contributed by atoms with Crippen LogP contribution in [0.5, 0.6) is 0 Å². The summed E-state index contributed by atoms with van der Waals surface area (Å²) in [7, 11) is 0. The molecule has 0 atom stereocenters. The maximum absolute atomic E-state index is 13.6. The molecule has 126 valence electrons. The highest BCUT2D eigenvalue weighted by Gasteiger charge is 2.15. The molecular formula is C18H21FN4O. The van der Waals surface area contributed by atoms with Gasteiger partial charge in [-0.05, 0) is 31.0 Å². The lowest BCUT2D eigenvalue weighted by atomic mass is 10.1. The van der Waals surface area contributed by atoms with E-state index in [-0.39, 0.29) is 11.4 Å². The molecule has 0 saturated heterocycles. The van der Waals surface area contributed by atoms with Crippen LogP contribution in [-0.2, 0) is 0 Å². The number of aromatic nitrogens is 2. The smallest absolute Gasteiger partial charge is 0.274 e. The zero-order valence-corrected chi connectivity index (χ0v) is 13.5. The molecule has 1 fully saturated rings. The largest absolute Gasteiger partial charge is 0.351 e. The van der Waals surface area contributed by atoms with Crippen molar-refractivity contribution in [1.29, 1.82) is 0 Å². The maximum atomic E-state index is 13.6. The van der Waals surface area contributed by atoms with Crippen LogP contribution in [0.2, 0.25) is 0 Å². The van der Waals surface area contributed by atoms with E-state index in [1.807, 2.05) is 0 Å². The molecule has 24 heavy (non-hydrogen) atoms. The third-order valence-electron chi connectivity index (χ3n) is 4.20. The molecule has 0 radical (unpaired) electrons. The molecule has 1 aliphatic rings. The van der Waals surface area contributed by atoms with E-state index in [1.54, 1.807) is 18.3 Å². The van der Waals surface area contributed by atoms with Crippen LogP contribution in [0.15, 0.2) is 36.5 Å². The number of benzene rings is 1.